The van der Waals surface area contributed by atoms with Gasteiger partial charge in [0.2, 0.25) is 0 Å². The van der Waals surface area contributed by atoms with E-state index in [1.54, 1.807) is 13.0 Å². The Kier molecular flexibility index (Phi) is 5.08. The molecule has 1 amide bonds. The minimum atomic E-state index is -0.510. The maximum absolute atomic E-state index is 13.9. The molecule has 2 rings (SSSR count). The molecule has 22 heavy (non-hydrogen) atoms. The molecule has 1 aromatic carbocycles. The van der Waals surface area contributed by atoms with Crippen molar-refractivity contribution >= 4 is 17.5 Å². The molecule has 0 atom stereocenters. The van der Waals surface area contributed by atoms with Crippen molar-refractivity contribution < 1.29 is 9.18 Å². The van der Waals surface area contributed by atoms with E-state index in [4.69, 9.17) is 16.9 Å². The van der Waals surface area contributed by atoms with Gasteiger partial charge in [0, 0.05) is 29.9 Å². The van der Waals surface area contributed by atoms with Crippen molar-refractivity contribution in [3.8, 4) is 6.07 Å². The smallest absolute Gasteiger partial charge is 0.272 e. The van der Waals surface area contributed by atoms with E-state index in [2.05, 4.69) is 4.98 Å². The molecule has 6 heteroatoms. The fourth-order valence-corrected chi connectivity index (χ4v) is 2.12. The minimum absolute atomic E-state index is 0.0983. The average Bonchev–Trinajstić information content (AvgIpc) is 2.53. The second kappa shape index (κ2) is 7.01. The van der Waals surface area contributed by atoms with Crippen molar-refractivity contribution in [3.05, 3.63) is 64.2 Å². The highest BCUT2D eigenvalue weighted by atomic mass is 35.5. The zero-order valence-corrected chi connectivity index (χ0v) is 12.6. The summed E-state index contributed by atoms with van der Waals surface area (Å²) in [4.78, 5) is 17.8. The molecule has 0 saturated carbocycles. The number of rotatable bonds is 4. The first-order chi connectivity index (χ1) is 10.5. The lowest BCUT2D eigenvalue weighted by molar-refractivity contribution is 0.0745. The minimum Gasteiger partial charge on any atom is -0.333 e. The second-order valence-electron chi connectivity index (χ2n) is 4.60. The van der Waals surface area contributed by atoms with E-state index < -0.39 is 5.82 Å². The summed E-state index contributed by atoms with van der Waals surface area (Å²) in [6.45, 7) is 2.29. The molecule has 0 unspecified atom stereocenters. The molecule has 112 valence electrons. The van der Waals surface area contributed by atoms with E-state index in [1.807, 2.05) is 6.07 Å². The van der Waals surface area contributed by atoms with Crippen LogP contribution < -0.4 is 0 Å². The summed E-state index contributed by atoms with van der Waals surface area (Å²) in [5, 5.41) is 9.16. The summed E-state index contributed by atoms with van der Waals surface area (Å²) in [6, 6.07) is 9.11. The molecule has 0 bridgehead atoms. The molecule has 0 saturated heterocycles. The highest BCUT2D eigenvalue weighted by Crippen LogP contribution is 2.15. The molecule has 0 N–H and O–H groups in total. The van der Waals surface area contributed by atoms with Crippen molar-refractivity contribution in [2.45, 2.75) is 13.5 Å². The van der Waals surface area contributed by atoms with Gasteiger partial charge in [0.25, 0.3) is 5.91 Å². The monoisotopic (exact) mass is 317 g/mol. The van der Waals surface area contributed by atoms with Gasteiger partial charge in [-0.3, -0.25) is 9.78 Å². The number of hydrogen-bond acceptors (Lipinski definition) is 3. The Balaban J connectivity index is 2.22. The third-order valence-electron chi connectivity index (χ3n) is 3.15. The van der Waals surface area contributed by atoms with E-state index in [0.29, 0.717) is 17.1 Å². The van der Waals surface area contributed by atoms with Crippen molar-refractivity contribution in [2.24, 2.45) is 0 Å². The molecule has 1 aromatic heterocycles. The Hall–Kier alpha value is -2.45. The Labute approximate surface area is 132 Å². The van der Waals surface area contributed by atoms with E-state index >= 15 is 0 Å². The number of amides is 1. The molecule has 4 nitrogen and oxygen atoms in total. The van der Waals surface area contributed by atoms with Crippen molar-refractivity contribution in [3.63, 3.8) is 0 Å². The topological polar surface area (TPSA) is 57.0 Å². The van der Waals surface area contributed by atoms with Gasteiger partial charge < -0.3 is 4.90 Å². The van der Waals surface area contributed by atoms with Crippen LogP contribution >= 0.6 is 11.6 Å². The molecule has 0 fully saturated rings. The quantitative estimate of drug-likeness (QED) is 0.868. The number of hydrogen-bond donors (Lipinski definition) is 0. The number of nitrogens with zero attached hydrogens (tertiary/aromatic N) is 3. The lowest BCUT2D eigenvalue weighted by Gasteiger charge is -2.21. The number of aromatic nitrogens is 1. The van der Waals surface area contributed by atoms with Crippen LogP contribution in [0.1, 0.15) is 28.5 Å². The van der Waals surface area contributed by atoms with Crippen LogP contribution in [0.5, 0.6) is 0 Å². The van der Waals surface area contributed by atoms with Gasteiger partial charge in [-0.15, -0.1) is 0 Å². The van der Waals surface area contributed by atoms with Crippen LogP contribution in [0.25, 0.3) is 0 Å². The Morgan fingerprint density at radius 2 is 2.18 bits per heavy atom. The second-order valence-corrected chi connectivity index (χ2v) is 5.03. The Bertz CT molecular complexity index is 742. The summed E-state index contributed by atoms with van der Waals surface area (Å²) in [7, 11) is 0. The van der Waals surface area contributed by atoms with Crippen molar-refractivity contribution in [2.75, 3.05) is 6.54 Å². The fraction of sp³-hybridized carbons (Fsp3) is 0.188. The average molecular weight is 318 g/mol. The third-order valence-corrected chi connectivity index (χ3v) is 3.39. The van der Waals surface area contributed by atoms with E-state index in [-0.39, 0.29) is 23.7 Å². The Morgan fingerprint density at radius 3 is 2.77 bits per heavy atom. The summed E-state index contributed by atoms with van der Waals surface area (Å²) < 4.78 is 13.9. The largest absolute Gasteiger partial charge is 0.333 e. The van der Waals surface area contributed by atoms with Crippen LogP contribution in [0.4, 0.5) is 4.39 Å². The number of carbonyl (C=O) groups is 1. The van der Waals surface area contributed by atoms with Gasteiger partial charge in [-0.05, 0) is 31.2 Å². The molecule has 0 aliphatic carbocycles. The summed E-state index contributed by atoms with van der Waals surface area (Å²) in [5.41, 5.74) is 0.798. The summed E-state index contributed by atoms with van der Waals surface area (Å²) in [5.74, 6) is -0.835. The molecular formula is C16H13ClFN3O. The van der Waals surface area contributed by atoms with Gasteiger partial charge in [-0.1, -0.05) is 17.7 Å². The zero-order chi connectivity index (χ0) is 16.1. The van der Waals surface area contributed by atoms with Crippen LogP contribution in [0, 0.1) is 17.1 Å². The SMILES string of the molecule is CCN(Cc1ccc(C#N)cc1F)C(=O)c1cc(Cl)ccn1. The zero-order valence-electron chi connectivity index (χ0n) is 11.9. The highest BCUT2D eigenvalue weighted by molar-refractivity contribution is 6.30. The van der Waals surface area contributed by atoms with Crippen LogP contribution in [0.15, 0.2) is 36.5 Å². The van der Waals surface area contributed by atoms with Crippen molar-refractivity contribution in [1.29, 1.82) is 5.26 Å². The first-order valence-corrected chi connectivity index (χ1v) is 7.02. The molecule has 1 heterocycles. The predicted octanol–water partition coefficient (Wildman–Crippen LogP) is 3.41. The van der Waals surface area contributed by atoms with Crippen LogP contribution in [-0.4, -0.2) is 22.3 Å². The third kappa shape index (κ3) is 3.60. The first-order valence-electron chi connectivity index (χ1n) is 6.64. The van der Waals surface area contributed by atoms with E-state index in [9.17, 15) is 9.18 Å². The van der Waals surface area contributed by atoms with Crippen LogP contribution in [0.2, 0.25) is 5.02 Å². The molecule has 0 spiro atoms. The van der Waals surface area contributed by atoms with Gasteiger partial charge in [-0.25, -0.2) is 4.39 Å². The maximum atomic E-state index is 13.9. The molecule has 2 aromatic rings. The molecular weight excluding hydrogens is 305 g/mol. The fourth-order valence-electron chi connectivity index (χ4n) is 1.96. The van der Waals surface area contributed by atoms with Crippen molar-refractivity contribution in [1.82, 2.24) is 9.88 Å². The van der Waals surface area contributed by atoms with E-state index in [0.717, 1.165) is 6.07 Å². The number of carbonyl (C=O) groups excluding carboxylic acids is 1. The summed E-state index contributed by atoms with van der Waals surface area (Å²) in [6.07, 6.45) is 1.45. The van der Waals surface area contributed by atoms with E-state index in [1.165, 1.54) is 29.3 Å². The van der Waals surface area contributed by atoms with Crippen LogP contribution in [0.3, 0.4) is 0 Å². The lowest BCUT2D eigenvalue weighted by Crippen LogP contribution is -2.31. The number of nitriles is 1. The highest BCUT2D eigenvalue weighted by Gasteiger charge is 2.17. The Morgan fingerprint density at radius 1 is 1.41 bits per heavy atom. The predicted molar refractivity (Wildman–Crippen MR) is 80.8 cm³/mol. The van der Waals surface area contributed by atoms with Gasteiger partial charge in [0.05, 0.1) is 11.6 Å². The molecule has 0 aliphatic heterocycles. The van der Waals surface area contributed by atoms with Gasteiger partial charge in [-0.2, -0.15) is 5.26 Å². The van der Waals surface area contributed by atoms with Crippen LogP contribution in [-0.2, 0) is 6.54 Å². The normalized spacial score (nSPS) is 10.1. The van der Waals surface area contributed by atoms with Gasteiger partial charge in [0.1, 0.15) is 11.5 Å². The summed E-state index contributed by atoms with van der Waals surface area (Å²) >= 11 is 5.85. The lowest BCUT2D eigenvalue weighted by atomic mass is 10.1. The first kappa shape index (κ1) is 15.9. The molecule has 0 radical (unpaired) electrons. The maximum Gasteiger partial charge on any atom is 0.272 e. The standard InChI is InChI=1S/C16H13ClFN3O/c1-2-21(16(22)15-8-13(17)5-6-20-15)10-12-4-3-11(9-19)7-14(12)18/h3-8H,2,10H2,1H3. The molecule has 0 aliphatic rings. The van der Waals surface area contributed by atoms with Gasteiger partial charge >= 0.3 is 0 Å². The number of benzene rings is 1. The van der Waals surface area contributed by atoms with Gasteiger partial charge in [0.15, 0.2) is 0 Å². The number of halogens is 2. The number of pyridine rings is 1.